The van der Waals surface area contributed by atoms with E-state index in [2.05, 4.69) is 15.9 Å². The Bertz CT molecular complexity index is 532. The Morgan fingerprint density at radius 2 is 2.11 bits per heavy atom. The molecule has 0 aliphatic carbocycles. The first-order valence-corrected chi connectivity index (χ1v) is 8.67. The number of hydrogen-bond acceptors (Lipinski definition) is 3. The molecular formula is C13H18BrNO3S. The number of nitrogens with zero attached hydrogens (tertiary/aromatic N) is 1. The van der Waals surface area contributed by atoms with E-state index in [9.17, 15) is 13.5 Å². The number of aliphatic hydroxyl groups excluding tert-OH is 1. The second-order valence-electron chi connectivity index (χ2n) is 4.76. The van der Waals surface area contributed by atoms with E-state index in [0.29, 0.717) is 6.54 Å². The lowest BCUT2D eigenvalue weighted by Crippen LogP contribution is -2.42. The average Bonchev–Trinajstić information content (AvgIpc) is 2.64. The lowest BCUT2D eigenvalue weighted by molar-refractivity contribution is 0.186. The van der Waals surface area contributed by atoms with Crippen LogP contribution in [-0.4, -0.2) is 37.0 Å². The summed E-state index contributed by atoms with van der Waals surface area (Å²) in [5.41, 5.74) is 0. The van der Waals surface area contributed by atoms with Gasteiger partial charge in [-0.05, 0) is 31.0 Å². The third kappa shape index (κ3) is 3.37. The average molecular weight is 348 g/mol. The SMILES string of the molecule is O=S(=O)(c1cccc(Br)c1)N1CCCCCC1CO. The summed E-state index contributed by atoms with van der Waals surface area (Å²) in [6, 6.07) is 6.41. The Labute approximate surface area is 122 Å². The minimum Gasteiger partial charge on any atom is -0.395 e. The maximum Gasteiger partial charge on any atom is 0.243 e. The largest absolute Gasteiger partial charge is 0.395 e. The highest BCUT2D eigenvalue weighted by Gasteiger charge is 2.31. The lowest BCUT2D eigenvalue weighted by Gasteiger charge is -2.27. The Morgan fingerprint density at radius 3 is 2.79 bits per heavy atom. The van der Waals surface area contributed by atoms with Crippen LogP contribution < -0.4 is 0 Å². The smallest absolute Gasteiger partial charge is 0.243 e. The zero-order valence-corrected chi connectivity index (χ0v) is 13.0. The molecular weight excluding hydrogens is 330 g/mol. The number of benzene rings is 1. The molecule has 1 saturated heterocycles. The van der Waals surface area contributed by atoms with E-state index >= 15 is 0 Å². The van der Waals surface area contributed by atoms with Crippen LogP contribution in [0.1, 0.15) is 25.7 Å². The van der Waals surface area contributed by atoms with Crippen LogP contribution >= 0.6 is 15.9 Å². The van der Waals surface area contributed by atoms with Crippen LogP contribution in [0.15, 0.2) is 33.6 Å². The number of aliphatic hydroxyl groups is 1. The molecule has 106 valence electrons. The van der Waals surface area contributed by atoms with Crippen molar-refractivity contribution in [1.29, 1.82) is 0 Å². The molecule has 0 spiro atoms. The van der Waals surface area contributed by atoms with Crippen LogP contribution in [0.2, 0.25) is 0 Å². The van der Waals surface area contributed by atoms with Crippen LogP contribution in [0.5, 0.6) is 0 Å². The van der Waals surface area contributed by atoms with E-state index in [1.807, 2.05) is 0 Å². The van der Waals surface area contributed by atoms with E-state index in [4.69, 9.17) is 0 Å². The second-order valence-corrected chi connectivity index (χ2v) is 7.57. The first-order chi connectivity index (χ1) is 9.05. The van der Waals surface area contributed by atoms with Gasteiger partial charge in [0, 0.05) is 17.1 Å². The standard InChI is InChI=1S/C13H18BrNO3S/c14-11-5-4-7-13(9-11)19(17,18)15-8-3-1-2-6-12(15)10-16/h4-5,7,9,12,16H,1-3,6,8,10H2. The highest BCUT2D eigenvalue weighted by molar-refractivity contribution is 9.10. The Morgan fingerprint density at radius 1 is 1.32 bits per heavy atom. The minimum atomic E-state index is -3.53. The molecule has 6 heteroatoms. The van der Waals surface area contributed by atoms with Gasteiger partial charge in [-0.1, -0.05) is 34.8 Å². The van der Waals surface area contributed by atoms with Gasteiger partial charge in [0.2, 0.25) is 10.0 Å². The molecule has 19 heavy (non-hydrogen) atoms. The van der Waals surface area contributed by atoms with Gasteiger partial charge in [-0.15, -0.1) is 0 Å². The first-order valence-electron chi connectivity index (χ1n) is 6.44. The topological polar surface area (TPSA) is 57.6 Å². The molecule has 0 amide bonds. The molecule has 1 unspecified atom stereocenters. The molecule has 1 aliphatic heterocycles. The van der Waals surface area contributed by atoms with Crippen LogP contribution in [0.25, 0.3) is 0 Å². The Hall–Kier alpha value is -0.430. The molecule has 4 nitrogen and oxygen atoms in total. The molecule has 1 aromatic rings. The summed E-state index contributed by atoms with van der Waals surface area (Å²) in [6.45, 7) is 0.368. The van der Waals surface area contributed by atoms with E-state index in [-0.39, 0.29) is 17.5 Å². The quantitative estimate of drug-likeness (QED) is 0.913. The molecule has 1 heterocycles. The van der Waals surface area contributed by atoms with Gasteiger partial charge in [0.25, 0.3) is 0 Å². The van der Waals surface area contributed by atoms with Gasteiger partial charge >= 0.3 is 0 Å². The second kappa shape index (κ2) is 6.35. The van der Waals surface area contributed by atoms with E-state index < -0.39 is 10.0 Å². The van der Waals surface area contributed by atoms with Crippen molar-refractivity contribution in [2.45, 2.75) is 36.6 Å². The highest BCUT2D eigenvalue weighted by atomic mass is 79.9. The lowest BCUT2D eigenvalue weighted by atomic mass is 10.1. The molecule has 1 atom stereocenters. The summed E-state index contributed by atoms with van der Waals surface area (Å²) >= 11 is 3.29. The van der Waals surface area contributed by atoms with Crippen molar-refractivity contribution in [3.05, 3.63) is 28.7 Å². The number of hydrogen-bond donors (Lipinski definition) is 1. The molecule has 1 aliphatic rings. The number of halogens is 1. The summed E-state index contributed by atoms with van der Waals surface area (Å²) in [4.78, 5) is 0.280. The van der Waals surface area contributed by atoms with Gasteiger partial charge in [-0.25, -0.2) is 8.42 Å². The molecule has 0 radical (unpaired) electrons. The summed E-state index contributed by atoms with van der Waals surface area (Å²) in [5, 5.41) is 9.44. The molecule has 2 rings (SSSR count). The zero-order chi connectivity index (χ0) is 13.9. The molecule has 1 N–H and O–H groups in total. The summed E-state index contributed by atoms with van der Waals surface area (Å²) in [6.07, 6.45) is 3.56. The minimum absolute atomic E-state index is 0.118. The predicted octanol–water partition coefficient (Wildman–Crippen LogP) is 2.37. The summed E-state index contributed by atoms with van der Waals surface area (Å²) in [7, 11) is -3.53. The van der Waals surface area contributed by atoms with Gasteiger partial charge in [0.05, 0.1) is 11.5 Å². The van der Waals surface area contributed by atoms with Crippen LogP contribution in [0.4, 0.5) is 0 Å². The number of sulfonamides is 1. The predicted molar refractivity (Wildman–Crippen MR) is 77.4 cm³/mol. The maximum atomic E-state index is 12.7. The third-order valence-electron chi connectivity index (χ3n) is 3.44. The monoisotopic (exact) mass is 347 g/mol. The summed E-state index contributed by atoms with van der Waals surface area (Å²) in [5.74, 6) is 0. The fourth-order valence-corrected chi connectivity index (χ4v) is 4.69. The van der Waals surface area contributed by atoms with E-state index in [1.54, 1.807) is 24.3 Å². The number of rotatable bonds is 3. The van der Waals surface area contributed by atoms with Crippen molar-refractivity contribution >= 4 is 26.0 Å². The normalized spacial score (nSPS) is 22.1. The Balaban J connectivity index is 2.36. The van der Waals surface area contributed by atoms with E-state index in [0.717, 1.165) is 30.2 Å². The molecule has 0 saturated carbocycles. The molecule has 0 aromatic heterocycles. The highest BCUT2D eigenvalue weighted by Crippen LogP contribution is 2.26. The van der Waals surface area contributed by atoms with Crippen LogP contribution in [0, 0.1) is 0 Å². The van der Waals surface area contributed by atoms with Gasteiger partial charge in [-0.3, -0.25) is 0 Å². The van der Waals surface area contributed by atoms with Crippen molar-refractivity contribution in [2.75, 3.05) is 13.2 Å². The van der Waals surface area contributed by atoms with Gasteiger partial charge < -0.3 is 5.11 Å². The van der Waals surface area contributed by atoms with Crippen LogP contribution in [-0.2, 0) is 10.0 Å². The fourth-order valence-electron chi connectivity index (χ4n) is 2.41. The van der Waals surface area contributed by atoms with E-state index in [1.165, 1.54) is 4.31 Å². The van der Waals surface area contributed by atoms with Crippen molar-refractivity contribution in [2.24, 2.45) is 0 Å². The summed E-state index contributed by atoms with van der Waals surface area (Å²) < 4.78 is 27.5. The molecule has 1 fully saturated rings. The molecule has 0 bridgehead atoms. The van der Waals surface area contributed by atoms with Gasteiger partial charge in [0.15, 0.2) is 0 Å². The Kier molecular flexibility index (Phi) is 5.00. The molecule has 1 aromatic carbocycles. The van der Waals surface area contributed by atoms with Crippen molar-refractivity contribution in [3.63, 3.8) is 0 Å². The zero-order valence-electron chi connectivity index (χ0n) is 10.6. The maximum absolute atomic E-state index is 12.7. The van der Waals surface area contributed by atoms with Crippen LogP contribution in [0.3, 0.4) is 0 Å². The van der Waals surface area contributed by atoms with Gasteiger partial charge in [0.1, 0.15) is 0 Å². The van der Waals surface area contributed by atoms with Crippen molar-refractivity contribution in [3.8, 4) is 0 Å². The fraction of sp³-hybridized carbons (Fsp3) is 0.538. The van der Waals surface area contributed by atoms with Gasteiger partial charge in [-0.2, -0.15) is 4.31 Å². The van der Waals surface area contributed by atoms with Crippen molar-refractivity contribution in [1.82, 2.24) is 4.31 Å². The third-order valence-corrected chi connectivity index (χ3v) is 5.88. The first kappa shape index (κ1) is 15.0. The van der Waals surface area contributed by atoms with Crippen molar-refractivity contribution < 1.29 is 13.5 Å².